The van der Waals surface area contributed by atoms with Gasteiger partial charge in [-0.15, -0.1) is 0 Å². The Kier molecular flexibility index (Phi) is 4.40. The van der Waals surface area contributed by atoms with Gasteiger partial charge in [-0.2, -0.15) is 0 Å². The lowest BCUT2D eigenvalue weighted by Gasteiger charge is -2.19. The minimum Gasteiger partial charge on any atom is -0.455 e. The lowest BCUT2D eigenvalue weighted by atomic mass is 9.97. The van der Waals surface area contributed by atoms with Crippen molar-refractivity contribution in [2.45, 2.75) is 25.3 Å². The number of hydrogen-bond acceptors (Lipinski definition) is 3. The quantitative estimate of drug-likeness (QED) is 0.766. The SMILES string of the molecule is O=C(NC(c1ccccc1)c1ccccc1)c1cc2c(o1)CCCC2=O. The molecule has 0 fully saturated rings. The summed E-state index contributed by atoms with van der Waals surface area (Å²) in [5.41, 5.74) is 2.52. The second kappa shape index (κ2) is 7.00. The molecule has 3 aromatic rings. The van der Waals surface area contributed by atoms with Crippen molar-refractivity contribution in [1.82, 2.24) is 5.32 Å². The van der Waals surface area contributed by atoms with Gasteiger partial charge in [-0.25, -0.2) is 0 Å². The molecule has 1 amide bonds. The van der Waals surface area contributed by atoms with Crippen molar-refractivity contribution in [1.29, 1.82) is 0 Å². The van der Waals surface area contributed by atoms with Crippen molar-refractivity contribution < 1.29 is 14.0 Å². The van der Waals surface area contributed by atoms with Crippen molar-refractivity contribution in [2.75, 3.05) is 0 Å². The molecule has 1 N–H and O–H groups in total. The van der Waals surface area contributed by atoms with Crippen LogP contribution in [0.4, 0.5) is 0 Å². The summed E-state index contributed by atoms with van der Waals surface area (Å²) in [6, 6.07) is 20.9. The molecule has 1 heterocycles. The van der Waals surface area contributed by atoms with Crippen LogP contribution in [0.15, 0.2) is 71.1 Å². The Balaban J connectivity index is 1.64. The number of carbonyl (C=O) groups excluding carboxylic acids is 2. The van der Waals surface area contributed by atoms with Gasteiger partial charge in [0, 0.05) is 18.9 Å². The highest BCUT2D eigenvalue weighted by Gasteiger charge is 2.26. The van der Waals surface area contributed by atoms with E-state index in [1.54, 1.807) is 6.07 Å². The van der Waals surface area contributed by atoms with Crippen LogP contribution in [0.2, 0.25) is 0 Å². The maximum absolute atomic E-state index is 12.8. The maximum Gasteiger partial charge on any atom is 0.287 e. The van der Waals surface area contributed by atoms with Crippen molar-refractivity contribution in [3.8, 4) is 0 Å². The summed E-state index contributed by atoms with van der Waals surface area (Å²) >= 11 is 0. The summed E-state index contributed by atoms with van der Waals surface area (Å²) in [5.74, 6) is 0.561. The summed E-state index contributed by atoms with van der Waals surface area (Å²) in [6.45, 7) is 0. The van der Waals surface area contributed by atoms with E-state index in [9.17, 15) is 9.59 Å². The third-order valence-electron chi connectivity index (χ3n) is 4.68. The molecule has 1 aliphatic rings. The van der Waals surface area contributed by atoms with Gasteiger partial charge < -0.3 is 9.73 Å². The van der Waals surface area contributed by atoms with Crippen LogP contribution in [0.3, 0.4) is 0 Å². The Labute approximate surface area is 151 Å². The zero-order valence-electron chi connectivity index (χ0n) is 14.3. The van der Waals surface area contributed by atoms with Crippen LogP contribution in [0.5, 0.6) is 0 Å². The molecule has 4 rings (SSSR count). The number of carbonyl (C=O) groups is 2. The molecular formula is C22H19NO3. The predicted octanol–water partition coefficient (Wildman–Crippen LogP) is 4.32. The highest BCUT2D eigenvalue weighted by atomic mass is 16.4. The highest BCUT2D eigenvalue weighted by Crippen LogP contribution is 2.26. The number of fused-ring (bicyclic) bond motifs is 1. The van der Waals surface area contributed by atoms with Gasteiger partial charge in [-0.05, 0) is 17.5 Å². The fourth-order valence-electron chi connectivity index (χ4n) is 3.36. The number of benzene rings is 2. The van der Waals surface area contributed by atoms with Crippen LogP contribution in [0, 0.1) is 0 Å². The summed E-state index contributed by atoms with van der Waals surface area (Å²) in [5, 5.41) is 3.05. The third-order valence-corrected chi connectivity index (χ3v) is 4.68. The van der Waals surface area contributed by atoms with Crippen molar-refractivity contribution in [2.24, 2.45) is 0 Å². The zero-order chi connectivity index (χ0) is 17.9. The fraction of sp³-hybridized carbons (Fsp3) is 0.182. The monoisotopic (exact) mass is 345 g/mol. The molecule has 4 nitrogen and oxygen atoms in total. The lowest BCUT2D eigenvalue weighted by Crippen LogP contribution is -2.29. The van der Waals surface area contributed by atoms with Gasteiger partial charge in [0.1, 0.15) is 5.76 Å². The van der Waals surface area contributed by atoms with Crippen LogP contribution in [0.1, 0.15) is 56.7 Å². The Morgan fingerprint density at radius 2 is 1.54 bits per heavy atom. The summed E-state index contributed by atoms with van der Waals surface area (Å²) < 4.78 is 5.68. The van der Waals surface area contributed by atoms with Crippen LogP contribution in [-0.4, -0.2) is 11.7 Å². The van der Waals surface area contributed by atoms with Gasteiger partial charge in [-0.3, -0.25) is 9.59 Å². The second-order valence-corrected chi connectivity index (χ2v) is 6.45. The number of aryl methyl sites for hydroxylation is 1. The lowest BCUT2D eigenvalue weighted by molar-refractivity contribution is 0.0910. The van der Waals surface area contributed by atoms with E-state index in [1.165, 1.54) is 0 Å². The average molecular weight is 345 g/mol. The number of ketones is 1. The molecule has 0 saturated carbocycles. The van der Waals surface area contributed by atoms with Crippen molar-refractivity contribution >= 4 is 11.7 Å². The molecule has 0 radical (unpaired) electrons. The Morgan fingerprint density at radius 3 is 2.12 bits per heavy atom. The number of nitrogens with one attached hydrogen (secondary N) is 1. The Hall–Kier alpha value is -3.14. The molecule has 130 valence electrons. The highest BCUT2D eigenvalue weighted by molar-refractivity contribution is 6.01. The maximum atomic E-state index is 12.8. The first kappa shape index (κ1) is 16.3. The van der Waals surface area contributed by atoms with E-state index < -0.39 is 0 Å². The molecule has 1 aliphatic carbocycles. The molecule has 2 aromatic carbocycles. The van der Waals surface area contributed by atoms with Gasteiger partial charge in [0.05, 0.1) is 11.6 Å². The molecule has 0 spiro atoms. The fourth-order valence-corrected chi connectivity index (χ4v) is 3.36. The van der Waals surface area contributed by atoms with Crippen molar-refractivity contribution in [3.05, 3.63) is 94.9 Å². The van der Waals surface area contributed by atoms with Crippen LogP contribution < -0.4 is 5.32 Å². The third kappa shape index (κ3) is 3.18. The van der Waals surface area contributed by atoms with E-state index >= 15 is 0 Å². The molecule has 0 atom stereocenters. The topological polar surface area (TPSA) is 59.3 Å². The average Bonchev–Trinajstić information content (AvgIpc) is 3.13. The number of amides is 1. The molecule has 26 heavy (non-hydrogen) atoms. The summed E-state index contributed by atoms with van der Waals surface area (Å²) in [6.07, 6.45) is 2.00. The smallest absolute Gasteiger partial charge is 0.287 e. The van der Waals surface area contributed by atoms with E-state index in [0.717, 1.165) is 17.5 Å². The zero-order valence-corrected chi connectivity index (χ0v) is 14.3. The van der Waals surface area contributed by atoms with Crippen LogP contribution in [0.25, 0.3) is 0 Å². The van der Waals surface area contributed by atoms with Gasteiger partial charge >= 0.3 is 0 Å². The van der Waals surface area contributed by atoms with Crippen LogP contribution in [-0.2, 0) is 6.42 Å². The molecule has 0 saturated heterocycles. The number of hydrogen-bond donors (Lipinski definition) is 1. The number of furan rings is 1. The van der Waals surface area contributed by atoms with Crippen molar-refractivity contribution in [3.63, 3.8) is 0 Å². The molecule has 1 aromatic heterocycles. The van der Waals surface area contributed by atoms with E-state index in [1.807, 2.05) is 60.7 Å². The number of Topliss-reactive ketones (excluding diaryl/α,β-unsaturated/α-hetero) is 1. The number of rotatable bonds is 4. The van der Waals surface area contributed by atoms with E-state index in [2.05, 4.69) is 5.32 Å². The minimum absolute atomic E-state index is 0.0525. The van der Waals surface area contributed by atoms with Gasteiger partial charge in [0.25, 0.3) is 5.91 Å². The molecular weight excluding hydrogens is 326 g/mol. The standard InChI is InChI=1S/C22H19NO3/c24-18-12-7-13-19-17(18)14-20(26-19)22(25)23-21(15-8-3-1-4-9-15)16-10-5-2-6-11-16/h1-6,8-11,14,21H,7,12-13H2,(H,23,25). The Morgan fingerprint density at radius 1 is 0.923 bits per heavy atom. The molecule has 0 aliphatic heterocycles. The Bertz CT molecular complexity index is 889. The van der Waals surface area contributed by atoms with Gasteiger partial charge in [0.2, 0.25) is 0 Å². The second-order valence-electron chi connectivity index (χ2n) is 6.45. The first-order chi connectivity index (χ1) is 12.7. The first-order valence-corrected chi connectivity index (χ1v) is 8.79. The summed E-state index contributed by atoms with van der Waals surface area (Å²) in [7, 11) is 0. The largest absolute Gasteiger partial charge is 0.455 e. The normalized spacial score (nSPS) is 13.5. The van der Waals surface area contributed by atoms with E-state index in [4.69, 9.17) is 4.42 Å². The molecule has 0 unspecified atom stereocenters. The van der Waals surface area contributed by atoms with E-state index in [0.29, 0.717) is 24.2 Å². The van der Waals surface area contributed by atoms with Gasteiger partial charge in [-0.1, -0.05) is 60.7 Å². The molecule has 0 bridgehead atoms. The van der Waals surface area contributed by atoms with Crippen LogP contribution >= 0.6 is 0 Å². The first-order valence-electron chi connectivity index (χ1n) is 8.79. The molecule has 4 heteroatoms. The van der Waals surface area contributed by atoms with Gasteiger partial charge in [0.15, 0.2) is 11.5 Å². The summed E-state index contributed by atoms with van der Waals surface area (Å²) in [4.78, 5) is 24.8. The minimum atomic E-state index is -0.315. The predicted molar refractivity (Wildman–Crippen MR) is 98.2 cm³/mol. The van der Waals surface area contributed by atoms with E-state index in [-0.39, 0.29) is 23.5 Å².